The number of rotatable bonds is 6. The van der Waals surface area contributed by atoms with E-state index in [0.717, 1.165) is 16.5 Å². The third-order valence-corrected chi connectivity index (χ3v) is 4.24. The number of hydrogen-bond donors (Lipinski definition) is 2. The van der Waals surface area contributed by atoms with Gasteiger partial charge in [-0.05, 0) is 42.3 Å². The van der Waals surface area contributed by atoms with Crippen LogP contribution in [0.15, 0.2) is 46.9 Å². The molecule has 1 atom stereocenters. The topological polar surface area (TPSA) is 41.1 Å². The molecule has 0 aliphatic carbocycles. The predicted molar refractivity (Wildman–Crippen MR) is 95.2 cm³/mol. The van der Waals surface area contributed by atoms with Gasteiger partial charge in [-0.15, -0.1) is 0 Å². The first-order chi connectivity index (χ1) is 11.0. The van der Waals surface area contributed by atoms with Crippen LogP contribution in [0.5, 0.6) is 0 Å². The van der Waals surface area contributed by atoms with E-state index in [1.54, 1.807) is 0 Å². The highest BCUT2D eigenvalue weighted by atomic mass is 79.9. The maximum atomic E-state index is 13.0. The molecule has 2 rings (SSSR count). The lowest BCUT2D eigenvalue weighted by atomic mass is 10.0. The first-order valence-corrected chi connectivity index (χ1v) is 8.40. The first-order valence-electron chi connectivity index (χ1n) is 7.23. The van der Waals surface area contributed by atoms with Crippen molar-refractivity contribution in [3.8, 4) is 0 Å². The van der Waals surface area contributed by atoms with Crippen molar-refractivity contribution in [2.75, 3.05) is 11.9 Å². The molecule has 0 saturated carbocycles. The van der Waals surface area contributed by atoms with Crippen LogP contribution in [0.2, 0.25) is 5.02 Å². The molecule has 1 amide bonds. The number of amides is 1. The SMILES string of the molecule is CC[C@H](NCC(=O)Nc1ccc(F)cc1Cl)c1ccc(Br)cc1. The predicted octanol–water partition coefficient (Wildman–Crippen LogP) is 4.92. The third kappa shape index (κ3) is 5.30. The zero-order valence-corrected chi connectivity index (χ0v) is 14.9. The molecule has 0 unspecified atom stereocenters. The molecule has 0 radical (unpaired) electrons. The van der Waals surface area contributed by atoms with Crippen LogP contribution in [0.25, 0.3) is 0 Å². The van der Waals surface area contributed by atoms with E-state index in [1.165, 1.54) is 18.2 Å². The maximum Gasteiger partial charge on any atom is 0.238 e. The summed E-state index contributed by atoms with van der Waals surface area (Å²) in [6, 6.07) is 11.9. The molecule has 0 heterocycles. The summed E-state index contributed by atoms with van der Waals surface area (Å²) >= 11 is 9.30. The van der Waals surface area contributed by atoms with Crippen LogP contribution in [-0.4, -0.2) is 12.5 Å². The Bertz CT molecular complexity index is 679. The molecule has 6 heteroatoms. The van der Waals surface area contributed by atoms with Crippen molar-refractivity contribution in [1.29, 1.82) is 0 Å². The molecule has 3 nitrogen and oxygen atoms in total. The normalized spacial score (nSPS) is 12.0. The van der Waals surface area contributed by atoms with E-state index in [-0.39, 0.29) is 23.5 Å². The number of anilines is 1. The minimum Gasteiger partial charge on any atom is -0.324 e. The number of hydrogen-bond acceptors (Lipinski definition) is 2. The summed E-state index contributed by atoms with van der Waals surface area (Å²) in [4.78, 5) is 12.0. The lowest BCUT2D eigenvalue weighted by Crippen LogP contribution is -2.31. The number of carbonyl (C=O) groups is 1. The maximum absolute atomic E-state index is 13.0. The van der Waals surface area contributed by atoms with Gasteiger partial charge >= 0.3 is 0 Å². The van der Waals surface area contributed by atoms with Gasteiger partial charge in [-0.1, -0.05) is 46.6 Å². The average molecular weight is 400 g/mol. The average Bonchev–Trinajstić information content (AvgIpc) is 2.52. The van der Waals surface area contributed by atoms with Gasteiger partial charge in [-0.3, -0.25) is 4.79 Å². The van der Waals surface area contributed by atoms with Crippen molar-refractivity contribution in [3.05, 3.63) is 63.3 Å². The van der Waals surface area contributed by atoms with Crippen molar-refractivity contribution in [3.63, 3.8) is 0 Å². The van der Waals surface area contributed by atoms with Gasteiger partial charge in [0.05, 0.1) is 17.3 Å². The van der Waals surface area contributed by atoms with E-state index in [1.807, 2.05) is 24.3 Å². The summed E-state index contributed by atoms with van der Waals surface area (Å²) in [6.07, 6.45) is 0.853. The summed E-state index contributed by atoms with van der Waals surface area (Å²) in [6.45, 7) is 2.19. The van der Waals surface area contributed by atoms with E-state index in [0.29, 0.717) is 5.69 Å². The van der Waals surface area contributed by atoms with Gasteiger partial charge in [0.15, 0.2) is 0 Å². The standard InChI is InChI=1S/C17H17BrClFN2O/c1-2-15(11-3-5-12(18)6-4-11)21-10-17(23)22-16-8-7-13(20)9-14(16)19/h3-9,15,21H,2,10H2,1H3,(H,22,23)/t15-/m0/s1. The molecule has 0 saturated heterocycles. The lowest BCUT2D eigenvalue weighted by molar-refractivity contribution is -0.115. The highest BCUT2D eigenvalue weighted by molar-refractivity contribution is 9.10. The van der Waals surface area contributed by atoms with Gasteiger partial charge in [0.25, 0.3) is 0 Å². The molecule has 2 N–H and O–H groups in total. The van der Waals surface area contributed by atoms with Gasteiger partial charge in [0, 0.05) is 10.5 Å². The van der Waals surface area contributed by atoms with Crippen LogP contribution in [0.3, 0.4) is 0 Å². The molecule has 0 aliphatic heterocycles. The molecule has 0 aromatic heterocycles. The molecule has 0 aliphatic rings. The number of carbonyl (C=O) groups excluding carboxylic acids is 1. The van der Waals surface area contributed by atoms with E-state index >= 15 is 0 Å². The Kier molecular flexibility index (Phi) is 6.57. The fraction of sp³-hybridized carbons (Fsp3) is 0.235. The van der Waals surface area contributed by atoms with Crippen molar-refractivity contribution in [1.82, 2.24) is 5.32 Å². The molecule has 2 aromatic rings. The van der Waals surface area contributed by atoms with Crippen LogP contribution in [0.1, 0.15) is 24.9 Å². The summed E-state index contributed by atoms with van der Waals surface area (Å²) in [5.41, 5.74) is 1.51. The molecule has 122 valence electrons. The summed E-state index contributed by atoms with van der Waals surface area (Å²) in [5, 5.41) is 6.06. The molecule has 0 fully saturated rings. The van der Waals surface area contributed by atoms with Crippen molar-refractivity contribution < 1.29 is 9.18 Å². The van der Waals surface area contributed by atoms with Crippen LogP contribution < -0.4 is 10.6 Å². The largest absolute Gasteiger partial charge is 0.324 e. The van der Waals surface area contributed by atoms with Crippen LogP contribution in [0, 0.1) is 5.82 Å². The number of benzene rings is 2. The van der Waals surface area contributed by atoms with Gasteiger partial charge < -0.3 is 10.6 Å². The molecular weight excluding hydrogens is 383 g/mol. The van der Waals surface area contributed by atoms with Crippen molar-refractivity contribution in [2.45, 2.75) is 19.4 Å². The van der Waals surface area contributed by atoms with Gasteiger partial charge in [-0.2, -0.15) is 0 Å². The van der Waals surface area contributed by atoms with E-state index in [4.69, 9.17) is 11.6 Å². The fourth-order valence-corrected chi connectivity index (χ4v) is 2.67. The summed E-state index contributed by atoms with van der Waals surface area (Å²) in [7, 11) is 0. The Balaban J connectivity index is 1.93. The van der Waals surface area contributed by atoms with Gasteiger partial charge in [0.1, 0.15) is 5.82 Å². The van der Waals surface area contributed by atoms with Crippen molar-refractivity contribution in [2.24, 2.45) is 0 Å². The summed E-state index contributed by atoms with van der Waals surface area (Å²) in [5.74, 6) is -0.665. The van der Waals surface area contributed by atoms with Gasteiger partial charge in [-0.25, -0.2) is 4.39 Å². The van der Waals surface area contributed by atoms with Crippen molar-refractivity contribution >= 4 is 39.1 Å². The minimum atomic E-state index is -0.438. The van der Waals surface area contributed by atoms with E-state index in [2.05, 4.69) is 33.5 Å². The second-order valence-electron chi connectivity index (χ2n) is 5.07. The lowest BCUT2D eigenvalue weighted by Gasteiger charge is -2.17. The first kappa shape index (κ1) is 17.9. The quantitative estimate of drug-likeness (QED) is 0.724. The summed E-state index contributed by atoms with van der Waals surface area (Å²) < 4.78 is 14.0. The molecule has 2 aromatic carbocycles. The molecule has 0 bridgehead atoms. The molecule has 23 heavy (non-hydrogen) atoms. The zero-order chi connectivity index (χ0) is 16.8. The fourth-order valence-electron chi connectivity index (χ4n) is 2.19. The smallest absolute Gasteiger partial charge is 0.238 e. The van der Waals surface area contributed by atoms with Crippen LogP contribution in [-0.2, 0) is 4.79 Å². The van der Waals surface area contributed by atoms with Gasteiger partial charge in [0.2, 0.25) is 5.91 Å². The Hall–Kier alpha value is -1.43. The monoisotopic (exact) mass is 398 g/mol. The highest BCUT2D eigenvalue weighted by Crippen LogP contribution is 2.22. The Morgan fingerprint density at radius 2 is 1.96 bits per heavy atom. The van der Waals surface area contributed by atoms with E-state index < -0.39 is 5.82 Å². The number of nitrogens with one attached hydrogen (secondary N) is 2. The van der Waals surface area contributed by atoms with Crippen LogP contribution in [0.4, 0.5) is 10.1 Å². The Morgan fingerprint density at radius 3 is 2.57 bits per heavy atom. The van der Waals surface area contributed by atoms with E-state index in [9.17, 15) is 9.18 Å². The minimum absolute atomic E-state index is 0.0811. The Labute approximate surface area is 148 Å². The number of halogens is 3. The molecular formula is C17H17BrClFN2O. The second-order valence-corrected chi connectivity index (χ2v) is 6.39. The molecule has 0 spiro atoms. The van der Waals surface area contributed by atoms with Crippen LogP contribution >= 0.6 is 27.5 Å². The third-order valence-electron chi connectivity index (χ3n) is 3.39. The highest BCUT2D eigenvalue weighted by Gasteiger charge is 2.12. The Morgan fingerprint density at radius 1 is 1.26 bits per heavy atom. The second kappa shape index (κ2) is 8.43. The zero-order valence-electron chi connectivity index (χ0n) is 12.6.